The Balaban J connectivity index is 2.11. The van der Waals surface area contributed by atoms with Crippen molar-refractivity contribution in [3.8, 4) is 0 Å². The van der Waals surface area contributed by atoms with Gasteiger partial charge in [-0.15, -0.1) is 0 Å². The molecule has 1 aromatic heterocycles. The molecular formula is C12H13FN2. The molecule has 1 aromatic carbocycles. The van der Waals surface area contributed by atoms with Crippen LogP contribution in [0.2, 0.25) is 0 Å². The van der Waals surface area contributed by atoms with Crippen molar-refractivity contribution in [3.05, 3.63) is 35.8 Å². The molecule has 0 aliphatic carbocycles. The topological polar surface area (TPSA) is 27.8 Å². The Morgan fingerprint density at radius 3 is 3.07 bits per heavy atom. The maximum atomic E-state index is 13.0. The third-order valence-electron chi connectivity index (χ3n) is 3.18. The van der Waals surface area contributed by atoms with E-state index >= 15 is 0 Å². The first-order valence-corrected chi connectivity index (χ1v) is 5.32. The van der Waals surface area contributed by atoms with Crippen LogP contribution >= 0.6 is 0 Å². The minimum absolute atomic E-state index is 0.180. The van der Waals surface area contributed by atoms with Crippen molar-refractivity contribution in [2.45, 2.75) is 12.3 Å². The van der Waals surface area contributed by atoms with Gasteiger partial charge >= 0.3 is 0 Å². The van der Waals surface area contributed by atoms with Crippen molar-refractivity contribution in [3.63, 3.8) is 0 Å². The third kappa shape index (κ3) is 1.43. The molecule has 2 N–H and O–H groups in total. The summed E-state index contributed by atoms with van der Waals surface area (Å²) in [5.41, 5.74) is 2.21. The van der Waals surface area contributed by atoms with Gasteiger partial charge in [-0.05, 0) is 42.6 Å². The molecule has 78 valence electrons. The summed E-state index contributed by atoms with van der Waals surface area (Å²) in [6, 6.07) is 4.96. The van der Waals surface area contributed by atoms with Crippen molar-refractivity contribution < 1.29 is 4.39 Å². The number of halogens is 1. The molecular weight excluding hydrogens is 191 g/mol. The minimum atomic E-state index is -0.180. The highest BCUT2D eigenvalue weighted by atomic mass is 19.1. The van der Waals surface area contributed by atoms with Crippen LogP contribution in [0.3, 0.4) is 0 Å². The Kier molecular flexibility index (Phi) is 1.99. The lowest BCUT2D eigenvalue weighted by Crippen LogP contribution is -2.07. The number of nitrogens with one attached hydrogen (secondary N) is 2. The summed E-state index contributed by atoms with van der Waals surface area (Å²) >= 11 is 0. The first kappa shape index (κ1) is 8.92. The van der Waals surface area contributed by atoms with Gasteiger partial charge in [0.2, 0.25) is 0 Å². The first-order chi connectivity index (χ1) is 7.34. The standard InChI is InChI=1S/C12H13FN2/c13-9-1-2-10-11(7-15-12(10)5-9)8-3-4-14-6-8/h1-2,5,7-8,14-15H,3-4,6H2/t8-/m0/s1. The summed E-state index contributed by atoms with van der Waals surface area (Å²) in [5, 5.41) is 4.51. The highest BCUT2D eigenvalue weighted by Gasteiger charge is 2.19. The maximum Gasteiger partial charge on any atom is 0.125 e. The highest BCUT2D eigenvalue weighted by Crippen LogP contribution is 2.29. The van der Waals surface area contributed by atoms with E-state index in [1.54, 1.807) is 6.07 Å². The second kappa shape index (κ2) is 3.35. The van der Waals surface area contributed by atoms with Gasteiger partial charge < -0.3 is 10.3 Å². The van der Waals surface area contributed by atoms with E-state index in [2.05, 4.69) is 10.3 Å². The van der Waals surface area contributed by atoms with E-state index in [1.807, 2.05) is 12.3 Å². The molecule has 0 unspecified atom stereocenters. The molecule has 1 saturated heterocycles. The fourth-order valence-corrected chi connectivity index (χ4v) is 2.38. The number of aromatic amines is 1. The largest absolute Gasteiger partial charge is 0.361 e. The Labute approximate surface area is 87.5 Å². The van der Waals surface area contributed by atoms with Gasteiger partial charge in [-0.2, -0.15) is 0 Å². The second-order valence-electron chi connectivity index (χ2n) is 4.12. The van der Waals surface area contributed by atoms with Gasteiger partial charge in [-0.1, -0.05) is 0 Å². The molecule has 1 fully saturated rings. The van der Waals surface area contributed by atoms with Gasteiger partial charge in [-0.3, -0.25) is 0 Å². The van der Waals surface area contributed by atoms with E-state index in [9.17, 15) is 4.39 Å². The molecule has 0 spiro atoms. The van der Waals surface area contributed by atoms with Crippen LogP contribution in [0.4, 0.5) is 4.39 Å². The van der Waals surface area contributed by atoms with Crippen molar-refractivity contribution in [1.29, 1.82) is 0 Å². The molecule has 1 aliphatic heterocycles. The smallest absolute Gasteiger partial charge is 0.125 e. The van der Waals surface area contributed by atoms with Crippen molar-refractivity contribution in [1.82, 2.24) is 10.3 Å². The van der Waals surface area contributed by atoms with Gasteiger partial charge in [0.1, 0.15) is 5.82 Å². The van der Waals surface area contributed by atoms with Crippen molar-refractivity contribution >= 4 is 10.9 Å². The zero-order valence-corrected chi connectivity index (χ0v) is 8.39. The van der Waals surface area contributed by atoms with E-state index in [-0.39, 0.29) is 5.82 Å². The number of H-pyrrole nitrogens is 1. The fourth-order valence-electron chi connectivity index (χ4n) is 2.38. The summed E-state index contributed by atoms with van der Waals surface area (Å²) in [7, 11) is 0. The minimum Gasteiger partial charge on any atom is -0.361 e. The molecule has 2 nitrogen and oxygen atoms in total. The number of hydrogen-bond acceptors (Lipinski definition) is 1. The summed E-state index contributed by atoms with van der Waals surface area (Å²) in [6.07, 6.45) is 3.19. The average Bonchev–Trinajstić information content (AvgIpc) is 2.82. The van der Waals surface area contributed by atoms with Crippen LogP contribution in [0, 0.1) is 5.82 Å². The second-order valence-corrected chi connectivity index (χ2v) is 4.12. The molecule has 1 atom stereocenters. The first-order valence-electron chi connectivity index (χ1n) is 5.32. The van der Waals surface area contributed by atoms with Crippen LogP contribution < -0.4 is 5.32 Å². The van der Waals surface area contributed by atoms with Crippen molar-refractivity contribution in [2.24, 2.45) is 0 Å². The van der Waals surface area contributed by atoms with Crippen LogP contribution in [-0.4, -0.2) is 18.1 Å². The molecule has 0 radical (unpaired) electrons. The Morgan fingerprint density at radius 2 is 2.27 bits per heavy atom. The molecule has 2 heterocycles. The molecule has 3 heteroatoms. The molecule has 15 heavy (non-hydrogen) atoms. The van der Waals surface area contributed by atoms with Crippen LogP contribution in [0.1, 0.15) is 17.9 Å². The monoisotopic (exact) mass is 204 g/mol. The van der Waals surface area contributed by atoms with E-state index in [0.29, 0.717) is 5.92 Å². The molecule has 0 bridgehead atoms. The van der Waals surface area contributed by atoms with Crippen LogP contribution in [0.15, 0.2) is 24.4 Å². The molecule has 1 aliphatic rings. The number of hydrogen-bond donors (Lipinski definition) is 2. The normalized spacial score (nSPS) is 21.3. The lowest BCUT2D eigenvalue weighted by atomic mass is 9.98. The lowest BCUT2D eigenvalue weighted by molar-refractivity contribution is 0.629. The molecule has 0 amide bonds. The molecule has 0 saturated carbocycles. The molecule has 3 rings (SSSR count). The lowest BCUT2D eigenvalue weighted by Gasteiger charge is -2.05. The van der Waals surface area contributed by atoms with Gasteiger partial charge in [0.15, 0.2) is 0 Å². The Hall–Kier alpha value is -1.35. The predicted molar refractivity (Wildman–Crippen MR) is 58.5 cm³/mol. The van der Waals surface area contributed by atoms with E-state index in [1.165, 1.54) is 18.1 Å². The number of rotatable bonds is 1. The average molecular weight is 204 g/mol. The Morgan fingerprint density at radius 1 is 1.33 bits per heavy atom. The van der Waals surface area contributed by atoms with Crippen LogP contribution in [-0.2, 0) is 0 Å². The van der Waals surface area contributed by atoms with E-state index in [0.717, 1.165) is 24.0 Å². The summed E-state index contributed by atoms with van der Waals surface area (Å²) in [6.45, 7) is 2.11. The van der Waals surface area contributed by atoms with E-state index in [4.69, 9.17) is 0 Å². The van der Waals surface area contributed by atoms with Gasteiger partial charge in [0, 0.05) is 23.6 Å². The van der Waals surface area contributed by atoms with E-state index < -0.39 is 0 Å². The SMILES string of the molecule is Fc1ccc2c([C@H]3CCNC3)c[nH]c2c1. The zero-order chi connectivity index (χ0) is 10.3. The van der Waals surface area contributed by atoms with Gasteiger partial charge in [-0.25, -0.2) is 4.39 Å². The summed E-state index contributed by atoms with van der Waals surface area (Å²) in [5.74, 6) is 0.393. The van der Waals surface area contributed by atoms with Crippen LogP contribution in [0.5, 0.6) is 0 Å². The predicted octanol–water partition coefficient (Wildman–Crippen LogP) is 2.38. The highest BCUT2D eigenvalue weighted by molar-refractivity contribution is 5.83. The zero-order valence-electron chi connectivity index (χ0n) is 8.39. The number of fused-ring (bicyclic) bond motifs is 1. The molecule has 2 aromatic rings. The third-order valence-corrected chi connectivity index (χ3v) is 3.18. The number of aromatic nitrogens is 1. The van der Waals surface area contributed by atoms with Gasteiger partial charge in [0.25, 0.3) is 0 Å². The van der Waals surface area contributed by atoms with Crippen molar-refractivity contribution in [2.75, 3.05) is 13.1 Å². The Bertz CT molecular complexity index is 483. The maximum absolute atomic E-state index is 13.0. The number of benzene rings is 1. The quantitative estimate of drug-likeness (QED) is 0.733. The summed E-state index contributed by atoms with van der Waals surface area (Å²) < 4.78 is 13.0. The van der Waals surface area contributed by atoms with Crippen LogP contribution in [0.25, 0.3) is 10.9 Å². The van der Waals surface area contributed by atoms with Gasteiger partial charge in [0.05, 0.1) is 0 Å². The fraction of sp³-hybridized carbons (Fsp3) is 0.333. The summed E-state index contributed by atoms with van der Waals surface area (Å²) in [4.78, 5) is 3.14.